The zero-order valence-corrected chi connectivity index (χ0v) is 17.2. The largest absolute Gasteiger partial charge is 0.376 e. The Balaban J connectivity index is 1.32. The van der Waals surface area contributed by atoms with Crippen molar-refractivity contribution in [2.24, 2.45) is 0 Å². The number of amides is 2. The number of nitrogens with zero attached hydrogens (tertiary/aromatic N) is 2. The molecule has 0 unspecified atom stereocenters. The summed E-state index contributed by atoms with van der Waals surface area (Å²) in [6, 6.07) is 13.9. The van der Waals surface area contributed by atoms with Gasteiger partial charge in [0.25, 0.3) is 0 Å². The number of anilines is 3. The van der Waals surface area contributed by atoms with Crippen LogP contribution in [0.15, 0.2) is 42.5 Å². The SMILES string of the molecule is C[C@@H]1CN(C(=O)CNc2ccc3c(c2)CCC(=O)N3)CCN1c1ccc(Cl)cc1. The van der Waals surface area contributed by atoms with E-state index in [1.807, 2.05) is 47.4 Å². The Labute approximate surface area is 175 Å². The van der Waals surface area contributed by atoms with Crippen molar-refractivity contribution in [1.82, 2.24) is 4.90 Å². The summed E-state index contributed by atoms with van der Waals surface area (Å²) in [5, 5.41) is 6.84. The minimum absolute atomic E-state index is 0.0558. The Hall–Kier alpha value is -2.73. The van der Waals surface area contributed by atoms with Gasteiger partial charge in [0.05, 0.1) is 6.54 Å². The van der Waals surface area contributed by atoms with E-state index in [0.29, 0.717) is 19.5 Å². The highest BCUT2D eigenvalue weighted by Crippen LogP contribution is 2.26. The summed E-state index contributed by atoms with van der Waals surface area (Å²) in [4.78, 5) is 28.4. The van der Waals surface area contributed by atoms with Gasteiger partial charge in [0, 0.05) is 54.2 Å². The number of hydrogen-bond donors (Lipinski definition) is 2. The van der Waals surface area contributed by atoms with E-state index >= 15 is 0 Å². The highest BCUT2D eigenvalue weighted by Gasteiger charge is 2.26. The zero-order chi connectivity index (χ0) is 20.4. The second kappa shape index (κ2) is 8.33. The molecule has 152 valence electrons. The lowest BCUT2D eigenvalue weighted by molar-refractivity contribution is -0.130. The molecular weight excluding hydrogens is 388 g/mol. The second-order valence-corrected chi connectivity index (χ2v) is 8.07. The van der Waals surface area contributed by atoms with Gasteiger partial charge in [0.2, 0.25) is 11.8 Å². The van der Waals surface area contributed by atoms with Crippen molar-refractivity contribution in [3.05, 3.63) is 53.1 Å². The van der Waals surface area contributed by atoms with Crippen LogP contribution < -0.4 is 15.5 Å². The molecule has 0 aliphatic carbocycles. The Bertz CT molecular complexity index is 916. The van der Waals surface area contributed by atoms with Gasteiger partial charge in [-0.05, 0) is 61.4 Å². The van der Waals surface area contributed by atoms with E-state index in [-0.39, 0.29) is 24.4 Å². The van der Waals surface area contributed by atoms with Gasteiger partial charge in [-0.1, -0.05) is 11.6 Å². The first-order chi connectivity index (χ1) is 14.0. The average molecular weight is 413 g/mol. The van der Waals surface area contributed by atoms with Gasteiger partial charge in [-0.3, -0.25) is 9.59 Å². The third-order valence-electron chi connectivity index (χ3n) is 5.58. The lowest BCUT2D eigenvalue weighted by Gasteiger charge is -2.41. The van der Waals surface area contributed by atoms with Crippen LogP contribution in [0.25, 0.3) is 0 Å². The first-order valence-corrected chi connectivity index (χ1v) is 10.3. The van der Waals surface area contributed by atoms with Crippen LogP contribution in [0.5, 0.6) is 0 Å². The first-order valence-electron chi connectivity index (χ1n) is 9.96. The van der Waals surface area contributed by atoms with Gasteiger partial charge in [-0.15, -0.1) is 0 Å². The fourth-order valence-electron chi connectivity index (χ4n) is 3.98. The minimum Gasteiger partial charge on any atom is -0.376 e. The maximum atomic E-state index is 12.7. The predicted octanol–water partition coefficient (Wildman–Crippen LogP) is 3.37. The molecule has 6 nitrogen and oxygen atoms in total. The number of aryl methyl sites for hydroxylation is 1. The van der Waals surface area contributed by atoms with Crippen molar-refractivity contribution in [1.29, 1.82) is 0 Å². The molecule has 0 bridgehead atoms. The number of hydrogen-bond acceptors (Lipinski definition) is 4. The van der Waals surface area contributed by atoms with Crippen LogP contribution in [0.3, 0.4) is 0 Å². The van der Waals surface area contributed by atoms with E-state index < -0.39 is 0 Å². The summed E-state index contributed by atoms with van der Waals surface area (Å²) >= 11 is 5.99. The molecule has 2 heterocycles. The van der Waals surface area contributed by atoms with Crippen LogP contribution in [0, 0.1) is 0 Å². The summed E-state index contributed by atoms with van der Waals surface area (Å²) in [5.74, 6) is 0.152. The number of nitrogens with one attached hydrogen (secondary N) is 2. The standard InChI is InChI=1S/C22H25ClN4O2/c1-15-14-26(10-11-27(15)19-6-3-17(23)4-7-19)22(29)13-24-18-5-8-20-16(12-18)2-9-21(28)25-20/h3-8,12,15,24H,2,9-11,13-14H2,1H3,(H,25,28)/t15-/m1/s1. The lowest BCUT2D eigenvalue weighted by atomic mass is 10.0. The van der Waals surface area contributed by atoms with Crippen LogP contribution in [0.4, 0.5) is 17.1 Å². The molecule has 2 aromatic rings. The quantitative estimate of drug-likeness (QED) is 0.808. The van der Waals surface area contributed by atoms with Gasteiger partial charge in [-0.25, -0.2) is 0 Å². The molecule has 0 spiro atoms. The van der Waals surface area contributed by atoms with Crippen LogP contribution in [-0.2, 0) is 16.0 Å². The molecule has 2 aliphatic heterocycles. The van der Waals surface area contributed by atoms with Gasteiger partial charge in [0.15, 0.2) is 0 Å². The molecule has 1 fully saturated rings. The maximum Gasteiger partial charge on any atom is 0.242 e. The fraction of sp³-hybridized carbons (Fsp3) is 0.364. The molecule has 2 N–H and O–H groups in total. The van der Waals surface area contributed by atoms with Crippen molar-refractivity contribution in [2.75, 3.05) is 41.7 Å². The Morgan fingerprint density at radius 3 is 2.72 bits per heavy atom. The van der Waals surface area contributed by atoms with Gasteiger partial charge >= 0.3 is 0 Å². The van der Waals surface area contributed by atoms with E-state index in [9.17, 15) is 9.59 Å². The highest BCUT2D eigenvalue weighted by molar-refractivity contribution is 6.30. The summed E-state index contributed by atoms with van der Waals surface area (Å²) in [6.45, 7) is 4.59. The summed E-state index contributed by atoms with van der Waals surface area (Å²) in [5.41, 5.74) is 4.01. The van der Waals surface area contributed by atoms with E-state index in [4.69, 9.17) is 11.6 Å². The molecule has 1 atom stereocenters. The molecule has 4 rings (SSSR count). The zero-order valence-electron chi connectivity index (χ0n) is 16.5. The third-order valence-corrected chi connectivity index (χ3v) is 5.83. The predicted molar refractivity (Wildman–Crippen MR) is 117 cm³/mol. The number of fused-ring (bicyclic) bond motifs is 1. The van der Waals surface area contributed by atoms with Crippen molar-refractivity contribution in [2.45, 2.75) is 25.8 Å². The molecule has 0 aromatic heterocycles. The third kappa shape index (κ3) is 4.48. The van der Waals surface area contributed by atoms with Gasteiger partial charge in [-0.2, -0.15) is 0 Å². The molecule has 2 amide bonds. The van der Waals surface area contributed by atoms with Crippen LogP contribution >= 0.6 is 11.6 Å². The molecule has 29 heavy (non-hydrogen) atoms. The normalized spacial score (nSPS) is 18.8. The molecule has 2 aromatic carbocycles. The van der Waals surface area contributed by atoms with Crippen LogP contribution in [0.2, 0.25) is 5.02 Å². The second-order valence-electron chi connectivity index (χ2n) is 7.63. The maximum absolute atomic E-state index is 12.7. The van der Waals surface area contributed by atoms with E-state index in [1.54, 1.807) is 0 Å². The molecule has 0 saturated carbocycles. The van der Waals surface area contributed by atoms with E-state index in [1.165, 1.54) is 0 Å². The number of rotatable bonds is 4. The van der Waals surface area contributed by atoms with Crippen LogP contribution in [-0.4, -0.2) is 48.9 Å². The number of carbonyl (C=O) groups is 2. The Kier molecular flexibility index (Phi) is 5.62. The molecule has 2 aliphatic rings. The van der Waals surface area contributed by atoms with Crippen molar-refractivity contribution < 1.29 is 9.59 Å². The van der Waals surface area contributed by atoms with Crippen molar-refractivity contribution in [3.8, 4) is 0 Å². The molecule has 7 heteroatoms. The average Bonchev–Trinajstić information content (AvgIpc) is 2.72. The monoisotopic (exact) mass is 412 g/mol. The Morgan fingerprint density at radius 2 is 1.97 bits per heavy atom. The smallest absolute Gasteiger partial charge is 0.242 e. The first kappa shape index (κ1) is 19.6. The highest BCUT2D eigenvalue weighted by atomic mass is 35.5. The van der Waals surface area contributed by atoms with E-state index in [0.717, 1.165) is 40.6 Å². The number of benzene rings is 2. The Morgan fingerprint density at radius 1 is 1.17 bits per heavy atom. The number of piperazine rings is 1. The minimum atomic E-state index is 0.0558. The summed E-state index contributed by atoms with van der Waals surface area (Å²) < 4.78 is 0. The number of carbonyl (C=O) groups excluding carboxylic acids is 2. The molecule has 1 saturated heterocycles. The van der Waals surface area contributed by atoms with Gasteiger partial charge in [0.1, 0.15) is 0 Å². The summed E-state index contributed by atoms with van der Waals surface area (Å²) in [7, 11) is 0. The topological polar surface area (TPSA) is 64.7 Å². The molecular formula is C22H25ClN4O2. The lowest BCUT2D eigenvalue weighted by Crippen LogP contribution is -2.54. The van der Waals surface area contributed by atoms with Crippen molar-refractivity contribution in [3.63, 3.8) is 0 Å². The van der Waals surface area contributed by atoms with Gasteiger partial charge < -0.3 is 20.4 Å². The van der Waals surface area contributed by atoms with Crippen LogP contribution in [0.1, 0.15) is 18.9 Å². The van der Waals surface area contributed by atoms with E-state index in [2.05, 4.69) is 22.5 Å². The fourth-order valence-corrected chi connectivity index (χ4v) is 4.11. The molecule has 0 radical (unpaired) electrons. The van der Waals surface area contributed by atoms with Crippen molar-refractivity contribution >= 4 is 40.5 Å². The number of halogens is 1. The summed E-state index contributed by atoms with van der Waals surface area (Å²) in [6.07, 6.45) is 1.24.